The number of nitrogens with one attached hydrogen (secondary N) is 2. The van der Waals surface area contributed by atoms with Crippen LogP contribution in [0.25, 0.3) is 0 Å². The Labute approximate surface area is 126 Å². The molecule has 1 aromatic rings. The Morgan fingerprint density at radius 3 is 2.86 bits per heavy atom. The van der Waals surface area contributed by atoms with Crippen LogP contribution in [0.1, 0.15) is 26.2 Å². The first-order valence-corrected chi connectivity index (χ1v) is 7.70. The van der Waals surface area contributed by atoms with Crippen molar-refractivity contribution in [2.45, 2.75) is 26.2 Å². The van der Waals surface area contributed by atoms with Crippen LogP contribution in [0.2, 0.25) is 0 Å². The van der Waals surface area contributed by atoms with Crippen LogP contribution in [0, 0.1) is 5.92 Å². The van der Waals surface area contributed by atoms with Gasteiger partial charge in [-0.05, 0) is 43.4 Å². The van der Waals surface area contributed by atoms with Gasteiger partial charge in [-0.25, -0.2) is 4.79 Å². The Bertz CT molecular complexity index is 457. The van der Waals surface area contributed by atoms with Crippen molar-refractivity contribution in [2.24, 2.45) is 5.92 Å². The first kappa shape index (κ1) is 15.6. The molecule has 5 nitrogen and oxygen atoms in total. The molecule has 0 aliphatic carbocycles. The van der Waals surface area contributed by atoms with E-state index >= 15 is 0 Å². The topological polar surface area (TPSA) is 64.6 Å². The molecule has 5 heteroatoms. The highest BCUT2D eigenvalue weighted by Crippen LogP contribution is 2.25. The van der Waals surface area contributed by atoms with Crippen LogP contribution < -0.4 is 15.5 Å². The third-order valence-electron chi connectivity index (χ3n) is 3.87. The van der Waals surface area contributed by atoms with Gasteiger partial charge in [-0.3, -0.25) is 0 Å². The van der Waals surface area contributed by atoms with Crippen LogP contribution in [-0.4, -0.2) is 37.4 Å². The van der Waals surface area contributed by atoms with Crippen molar-refractivity contribution in [2.75, 3.05) is 36.5 Å². The summed E-state index contributed by atoms with van der Waals surface area (Å²) < 4.78 is 0. The molecule has 0 radical (unpaired) electrons. The number of piperidine rings is 1. The molecule has 0 unspecified atom stereocenters. The summed E-state index contributed by atoms with van der Waals surface area (Å²) in [5, 5.41) is 14.2. The third kappa shape index (κ3) is 4.93. The second kappa shape index (κ2) is 7.88. The number of aliphatic hydroxyl groups excluding tert-OH is 1. The molecule has 0 aromatic heterocycles. The van der Waals surface area contributed by atoms with Crippen LogP contribution in [0.3, 0.4) is 0 Å². The summed E-state index contributed by atoms with van der Waals surface area (Å²) in [5.41, 5.74) is 1.96. The molecule has 21 heavy (non-hydrogen) atoms. The number of nitrogens with zero attached hydrogens (tertiary/aromatic N) is 1. The first-order chi connectivity index (χ1) is 10.2. The molecule has 1 aromatic carbocycles. The molecule has 0 bridgehead atoms. The zero-order chi connectivity index (χ0) is 15.1. The molecule has 1 fully saturated rings. The fourth-order valence-electron chi connectivity index (χ4n) is 2.50. The molecule has 0 saturated carbocycles. The number of benzene rings is 1. The van der Waals surface area contributed by atoms with Gasteiger partial charge in [-0.1, -0.05) is 13.0 Å². The van der Waals surface area contributed by atoms with Crippen LogP contribution in [0.4, 0.5) is 16.2 Å². The molecule has 1 aliphatic heterocycles. The minimum absolute atomic E-state index is 0.0865. The first-order valence-electron chi connectivity index (χ1n) is 7.70. The smallest absolute Gasteiger partial charge is 0.319 e. The SMILES string of the molecule is CC1CCN(c2cccc(NC(=O)NCCCO)c2)CC1. The highest BCUT2D eigenvalue weighted by Gasteiger charge is 2.16. The van der Waals surface area contributed by atoms with E-state index in [1.54, 1.807) is 0 Å². The Balaban J connectivity index is 1.90. The van der Waals surface area contributed by atoms with Crippen LogP contribution >= 0.6 is 0 Å². The maximum atomic E-state index is 11.7. The lowest BCUT2D eigenvalue weighted by molar-refractivity contribution is 0.249. The molecule has 2 amide bonds. The maximum Gasteiger partial charge on any atom is 0.319 e. The molecular formula is C16H25N3O2. The summed E-state index contributed by atoms with van der Waals surface area (Å²) in [6, 6.07) is 7.73. The number of carbonyl (C=O) groups excluding carboxylic acids is 1. The number of rotatable bonds is 5. The summed E-state index contributed by atoms with van der Waals surface area (Å²) in [6.07, 6.45) is 3.01. The van der Waals surface area contributed by atoms with Gasteiger partial charge in [0.2, 0.25) is 0 Å². The van der Waals surface area contributed by atoms with Gasteiger partial charge in [0.05, 0.1) is 0 Å². The summed E-state index contributed by atoms with van der Waals surface area (Å²) in [4.78, 5) is 14.1. The van der Waals surface area contributed by atoms with E-state index in [2.05, 4.69) is 28.5 Å². The van der Waals surface area contributed by atoms with Crippen LogP contribution in [-0.2, 0) is 0 Å². The Morgan fingerprint density at radius 1 is 1.38 bits per heavy atom. The van der Waals surface area contributed by atoms with Gasteiger partial charge in [0, 0.05) is 37.6 Å². The summed E-state index contributed by atoms with van der Waals surface area (Å²) in [6.45, 7) is 5.02. The van der Waals surface area contributed by atoms with Crippen molar-refractivity contribution in [1.82, 2.24) is 5.32 Å². The summed E-state index contributed by atoms with van der Waals surface area (Å²) in [5.74, 6) is 0.805. The number of aliphatic hydroxyl groups is 1. The van der Waals surface area contributed by atoms with Gasteiger partial charge in [-0.15, -0.1) is 0 Å². The molecule has 1 heterocycles. The van der Waals surface area contributed by atoms with E-state index in [-0.39, 0.29) is 12.6 Å². The number of anilines is 2. The van der Waals surface area contributed by atoms with Gasteiger partial charge in [0.15, 0.2) is 0 Å². The molecule has 2 rings (SSSR count). The van der Waals surface area contributed by atoms with E-state index in [1.807, 2.05) is 18.2 Å². The normalized spacial score (nSPS) is 15.8. The average molecular weight is 291 g/mol. The number of urea groups is 1. The maximum absolute atomic E-state index is 11.7. The van der Waals surface area contributed by atoms with Crippen molar-refractivity contribution in [3.05, 3.63) is 24.3 Å². The second-order valence-corrected chi connectivity index (χ2v) is 5.68. The Kier molecular flexibility index (Phi) is 5.87. The molecule has 3 N–H and O–H groups in total. The lowest BCUT2D eigenvalue weighted by Crippen LogP contribution is -2.33. The van der Waals surface area contributed by atoms with Crippen molar-refractivity contribution >= 4 is 17.4 Å². The van der Waals surface area contributed by atoms with E-state index in [4.69, 9.17) is 5.11 Å². The lowest BCUT2D eigenvalue weighted by Gasteiger charge is -2.32. The molecular weight excluding hydrogens is 266 g/mol. The lowest BCUT2D eigenvalue weighted by atomic mass is 9.99. The minimum Gasteiger partial charge on any atom is -0.396 e. The average Bonchev–Trinajstić information content (AvgIpc) is 2.48. The Morgan fingerprint density at radius 2 is 2.14 bits per heavy atom. The fourth-order valence-corrected chi connectivity index (χ4v) is 2.50. The van der Waals surface area contributed by atoms with Crippen molar-refractivity contribution in [3.63, 3.8) is 0 Å². The predicted octanol–water partition coefficient (Wildman–Crippen LogP) is 2.43. The fraction of sp³-hybridized carbons (Fsp3) is 0.562. The summed E-state index contributed by atoms with van der Waals surface area (Å²) >= 11 is 0. The van der Waals surface area contributed by atoms with Crippen LogP contribution in [0.15, 0.2) is 24.3 Å². The summed E-state index contributed by atoms with van der Waals surface area (Å²) in [7, 11) is 0. The van der Waals surface area contributed by atoms with E-state index < -0.39 is 0 Å². The van der Waals surface area contributed by atoms with Gasteiger partial charge < -0.3 is 20.6 Å². The van der Waals surface area contributed by atoms with Gasteiger partial charge in [0.25, 0.3) is 0 Å². The molecule has 116 valence electrons. The zero-order valence-corrected chi connectivity index (χ0v) is 12.6. The van der Waals surface area contributed by atoms with E-state index in [0.717, 1.165) is 30.4 Å². The number of hydrogen-bond donors (Lipinski definition) is 3. The number of amides is 2. The standard InChI is InChI=1S/C16H25N3O2/c1-13-6-9-19(10-7-13)15-5-2-4-14(12-15)18-16(21)17-8-3-11-20/h2,4-5,12-13,20H,3,6-11H2,1H3,(H2,17,18,21). The number of hydrogen-bond acceptors (Lipinski definition) is 3. The van der Waals surface area contributed by atoms with E-state index in [9.17, 15) is 4.79 Å². The largest absolute Gasteiger partial charge is 0.396 e. The van der Waals surface area contributed by atoms with Crippen molar-refractivity contribution in [1.29, 1.82) is 0 Å². The zero-order valence-electron chi connectivity index (χ0n) is 12.6. The van der Waals surface area contributed by atoms with Gasteiger partial charge >= 0.3 is 6.03 Å². The van der Waals surface area contributed by atoms with Crippen molar-refractivity contribution in [3.8, 4) is 0 Å². The Hall–Kier alpha value is -1.75. The van der Waals surface area contributed by atoms with E-state index in [1.165, 1.54) is 12.8 Å². The van der Waals surface area contributed by atoms with Crippen molar-refractivity contribution < 1.29 is 9.90 Å². The van der Waals surface area contributed by atoms with Gasteiger partial charge in [0.1, 0.15) is 0 Å². The second-order valence-electron chi connectivity index (χ2n) is 5.68. The number of carbonyl (C=O) groups is 1. The molecule has 1 saturated heterocycles. The minimum atomic E-state index is -0.229. The highest BCUT2D eigenvalue weighted by atomic mass is 16.3. The third-order valence-corrected chi connectivity index (χ3v) is 3.87. The molecule has 0 spiro atoms. The predicted molar refractivity (Wildman–Crippen MR) is 85.8 cm³/mol. The highest BCUT2D eigenvalue weighted by molar-refractivity contribution is 5.89. The van der Waals surface area contributed by atoms with E-state index in [0.29, 0.717) is 13.0 Å². The van der Waals surface area contributed by atoms with Crippen LogP contribution in [0.5, 0.6) is 0 Å². The molecule has 0 atom stereocenters. The van der Waals surface area contributed by atoms with Gasteiger partial charge in [-0.2, -0.15) is 0 Å². The quantitative estimate of drug-likeness (QED) is 0.730. The monoisotopic (exact) mass is 291 g/mol. The molecule has 1 aliphatic rings.